The number of carboxylic acid groups (broad SMARTS) is 1. The fraction of sp³-hybridized carbons (Fsp3) is 0.412. The number of benzene rings is 1. The third-order valence-corrected chi connectivity index (χ3v) is 4.37. The first-order valence-corrected chi connectivity index (χ1v) is 7.53. The Morgan fingerprint density at radius 3 is 2.71 bits per heavy atom. The maximum atomic E-state index is 11.0. The summed E-state index contributed by atoms with van der Waals surface area (Å²) in [5.74, 6) is -0.797. The Morgan fingerprint density at radius 1 is 1.19 bits per heavy atom. The van der Waals surface area contributed by atoms with E-state index in [-0.39, 0.29) is 5.92 Å². The molecule has 0 spiro atoms. The Balaban J connectivity index is 1.61. The summed E-state index contributed by atoms with van der Waals surface area (Å²) in [5.41, 5.74) is 2.25. The van der Waals surface area contributed by atoms with Gasteiger partial charge in [0.15, 0.2) is 0 Å². The lowest BCUT2D eigenvalue weighted by atomic mass is 9.86. The van der Waals surface area contributed by atoms with Gasteiger partial charge in [0.2, 0.25) is 0 Å². The highest BCUT2D eigenvalue weighted by Crippen LogP contribution is 2.25. The number of para-hydroxylation sites is 1. The second-order valence-corrected chi connectivity index (χ2v) is 5.76. The Morgan fingerprint density at radius 2 is 1.95 bits per heavy atom. The highest BCUT2D eigenvalue weighted by molar-refractivity contribution is 5.81. The van der Waals surface area contributed by atoms with E-state index in [2.05, 4.69) is 34.6 Å². The molecule has 0 bridgehead atoms. The zero-order valence-electron chi connectivity index (χ0n) is 12.0. The summed E-state index contributed by atoms with van der Waals surface area (Å²) in [7, 11) is 0. The quantitative estimate of drug-likeness (QED) is 0.906. The molecule has 0 atom stereocenters. The van der Waals surface area contributed by atoms with Gasteiger partial charge >= 0.3 is 5.97 Å². The predicted molar refractivity (Wildman–Crippen MR) is 82.0 cm³/mol. The maximum absolute atomic E-state index is 11.0. The van der Waals surface area contributed by atoms with E-state index < -0.39 is 5.97 Å². The van der Waals surface area contributed by atoms with Gasteiger partial charge in [0.25, 0.3) is 0 Å². The molecular weight excluding hydrogens is 264 g/mol. The van der Waals surface area contributed by atoms with Gasteiger partial charge in [-0.25, -0.2) is 0 Å². The van der Waals surface area contributed by atoms with Crippen molar-refractivity contribution in [3.8, 4) is 0 Å². The lowest BCUT2D eigenvalue weighted by Gasteiger charge is -2.27. The number of aliphatic carboxylic acids is 1. The topological polar surface area (TPSA) is 62.2 Å². The van der Waals surface area contributed by atoms with Crippen molar-refractivity contribution in [2.24, 2.45) is 5.92 Å². The molecule has 4 nitrogen and oxygen atoms in total. The summed E-state index contributed by atoms with van der Waals surface area (Å²) in [6.45, 7) is 0.788. The molecule has 110 valence electrons. The Labute approximate surface area is 124 Å². The van der Waals surface area contributed by atoms with Gasteiger partial charge in [-0.3, -0.25) is 9.78 Å². The first kappa shape index (κ1) is 14.0. The molecule has 1 aliphatic carbocycles. The Bertz CT molecular complexity index is 628. The molecule has 0 radical (unpaired) electrons. The zero-order chi connectivity index (χ0) is 14.7. The van der Waals surface area contributed by atoms with Crippen LogP contribution in [0.2, 0.25) is 0 Å². The van der Waals surface area contributed by atoms with Crippen molar-refractivity contribution >= 4 is 16.9 Å². The number of carbonyl (C=O) groups is 1. The lowest BCUT2D eigenvalue weighted by molar-refractivity contribution is -0.142. The third-order valence-electron chi connectivity index (χ3n) is 4.37. The van der Waals surface area contributed by atoms with Gasteiger partial charge in [-0.2, -0.15) is 0 Å². The van der Waals surface area contributed by atoms with Crippen molar-refractivity contribution in [1.82, 2.24) is 10.3 Å². The van der Waals surface area contributed by atoms with E-state index in [1.54, 1.807) is 0 Å². The number of nitrogens with zero attached hydrogens (tertiary/aromatic N) is 1. The van der Waals surface area contributed by atoms with Crippen molar-refractivity contribution in [1.29, 1.82) is 0 Å². The minimum Gasteiger partial charge on any atom is -0.481 e. The van der Waals surface area contributed by atoms with Gasteiger partial charge in [-0.15, -0.1) is 0 Å². The van der Waals surface area contributed by atoms with Crippen LogP contribution >= 0.6 is 0 Å². The van der Waals surface area contributed by atoms with Gasteiger partial charge in [0.05, 0.1) is 11.4 Å². The minimum atomic E-state index is -0.647. The molecule has 1 saturated carbocycles. The predicted octanol–water partition coefficient (Wildman–Crippen LogP) is 2.97. The molecule has 2 aromatic rings. The fourth-order valence-electron chi connectivity index (χ4n) is 3.11. The largest absolute Gasteiger partial charge is 0.481 e. The number of rotatable bonds is 4. The van der Waals surface area contributed by atoms with Crippen LogP contribution in [0.4, 0.5) is 0 Å². The molecule has 1 aliphatic rings. The fourth-order valence-corrected chi connectivity index (χ4v) is 3.11. The van der Waals surface area contributed by atoms with E-state index in [0.29, 0.717) is 6.04 Å². The summed E-state index contributed by atoms with van der Waals surface area (Å²) in [6.07, 6.45) is 5.26. The average Bonchev–Trinajstić information content (AvgIpc) is 2.53. The van der Waals surface area contributed by atoms with Crippen LogP contribution in [0.15, 0.2) is 36.5 Å². The molecule has 1 fully saturated rings. The Hall–Kier alpha value is -1.94. The normalized spacial score (nSPS) is 22.3. The van der Waals surface area contributed by atoms with Gasteiger partial charge in [-0.1, -0.05) is 24.3 Å². The van der Waals surface area contributed by atoms with Gasteiger partial charge in [0, 0.05) is 24.2 Å². The highest BCUT2D eigenvalue weighted by Gasteiger charge is 2.25. The summed E-state index contributed by atoms with van der Waals surface area (Å²) in [6, 6.07) is 10.7. The van der Waals surface area contributed by atoms with Crippen LogP contribution in [-0.4, -0.2) is 22.1 Å². The highest BCUT2D eigenvalue weighted by atomic mass is 16.4. The third kappa shape index (κ3) is 3.22. The van der Waals surface area contributed by atoms with Gasteiger partial charge in [-0.05, 0) is 37.3 Å². The molecule has 3 rings (SSSR count). The summed E-state index contributed by atoms with van der Waals surface area (Å²) in [5, 5.41) is 13.7. The number of carboxylic acids is 1. The minimum absolute atomic E-state index is 0.151. The molecule has 1 aromatic heterocycles. The van der Waals surface area contributed by atoms with E-state index in [9.17, 15) is 4.79 Å². The number of fused-ring (bicyclic) bond motifs is 1. The maximum Gasteiger partial charge on any atom is 0.306 e. The van der Waals surface area contributed by atoms with Crippen LogP contribution in [0.5, 0.6) is 0 Å². The van der Waals surface area contributed by atoms with Crippen LogP contribution in [0.3, 0.4) is 0 Å². The molecule has 0 amide bonds. The second kappa shape index (κ2) is 6.22. The monoisotopic (exact) mass is 284 g/mol. The van der Waals surface area contributed by atoms with E-state index in [4.69, 9.17) is 5.11 Å². The summed E-state index contributed by atoms with van der Waals surface area (Å²) in [4.78, 5) is 15.4. The molecule has 1 heterocycles. The molecule has 0 unspecified atom stereocenters. The van der Waals surface area contributed by atoms with Crippen molar-refractivity contribution < 1.29 is 9.90 Å². The van der Waals surface area contributed by atoms with Crippen LogP contribution in [0.1, 0.15) is 31.2 Å². The molecule has 0 aliphatic heterocycles. The zero-order valence-corrected chi connectivity index (χ0v) is 12.0. The summed E-state index contributed by atoms with van der Waals surface area (Å²) < 4.78 is 0. The Kier molecular flexibility index (Phi) is 4.15. The van der Waals surface area contributed by atoms with E-state index >= 15 is 0 Å². The van der Waals surface area contributed by atoms with Crippen LogP contribution in [0, 0.1) is 5.92 Å². The smallest absolute Gasteiger partial charge is 0.306 e. The molecular formula is C17H20N2O2. The molecule has 0 saturated heterocycles. The van der Waals surface area contributed by atoms with Crippen LogP contribution < -0.4 is 5.32 Å². The number of hydrogen-bond donors (Lipinski definition) is 2. The van der Waals surface area contributed by atoms with E-state index in [1.807, 2.05) is 12.3 Å². The van der Waals surface area contributed by atoms with Crippen LogP contribution in [-0.2, 0) is 11.3 Å². The van der Waals surface area contributed by atoms with Crippen molar-refractivity contribution in [2.75, 3.05) is 0 Å². The molecule has 2 N–H and O–H groups in total. The molecule has 4 heteroatoms. The second-order valence-electron chi connectivity index (χ2n) is 5.76. The molecule has 21 heavy (non-hydrogen) atoms. The van der Waals surface area contributed by atoms with Crippen LogP contribution in [0.25, 0.3) is 10.9 Å². The standard InChI is InChI=1S/C17H20N2O2/c20-17(21)13-6-8-15(9-7-13)19-11-14-4-1-3-12-5-2-10-18-16(12)14/h1-5,10,13,15,19H,6-9,11H2,(H,20,21). The lowest BCUT2D eigenvalue weighted by Crippen LogP contribution is -2.34. The van der Waals surface area contributed by atoms with Crippen molar-refractivity contribution in [2.45, 2.75) is 38.3 Å². The first-order chi connectivity index (χ1) is 10.2. The van der Waals surface area contributed by atoms with Crippen molar-refractivity contribution in [3.05, 3.63) is 42.1 Å². The SMILES string of the molecule is O=C(O)C1CCC(NCc2cccc3cccnc23)CC1. The number of pyridine rings is 1. The number of nitrogens with one attached hydrogen (secondary N) is 1. The van der Waals surface area contributed by atoms with E-state index in [0.717, 1.165) is 43.1 Å². The first-order valence-electron chi connectivity index (χ1n) is 7.53. The van der Waals surface area contributed by atoms with E-state index in [1.165, 1.54) is 5.56 Å². The van der Waals surface area contributed by atoms with Gasteiger partial charge < -0.3 is 10.4 Å². The number of hydrogen-bond acceptors (Lipinski definition) is 3. The van der Waals surface area contributed by atoms with Crippen molar-refractivity contribution in [3.63, 3.8) is 0 Å². The molecule has 1 aromatic carbocycles. The average molecular weight is 284 g/mol. The summed E-state index contributed by atoms with van der Waals surface area (Å²) >= 11 is 0. The number of aromatic nitrogens is 1. The van der Waals surface area contributed by atoms with Gasteiger partial charge in [0.1, 0.15) is 0 Å².